The molecule has 2 atom stereocenters. The first-order valence-electron chi connectivity index (χ1n) is 5.99. The molecule has 0 saturated heterocycles. The number of rotatable bonds is 6. The maximum absolute atomic E-state index is 13.5. The Balaban J connectivity index is 2.62. The average molecular weight is 284 g/mol. The van der Waals surface area contributed by atoms with Crippen LogP contribution < -0.4 is 10.6 Å². The van der Waals surface area contributed by atoms with Gasteiger partial charge in [-0.3, -0.25) is 0 Å². The molecule has 7 heteroatoms. The van der Waals surface area contributed by atoms with Crippen molar-refractivity contribution < 1.29 is 23.8 Å². The third-order valence-corrected chi connectivity index (χ3v) is 2.66. The molecule has 0 radical (unpaired) electrons. The van der Waals surface area contributed by atoms with Crippen molar-refractivity contribution >= 4 is 12.0 Å². The van der Waals surface area contributed by atoms with Gasteiger partial charge in [-0.1, -0.05) is 18.2 Å². The number of halogens is 1. The normalized spacial score (nSPS) is 13.3. The summed E-state index contributed by atoms with van der Waals surface area (Å²) >= 11 is 0. The molecule has 20 heavy (non-hydrogen) atoms. The zero-order valence-electron chi connectivity index (χ0n) is 11.2. The molecule has 2 unspecified atom stereocenters. The van der Waals surface area contributed by atoms with Crippen molar-refractivity contribution in [1.29, 1.82) is 0 Å². The molecule has 0 bridgehead atoms. The van der Waals surface area contributed by atoms with E-state index in [1.54, 1.807) is 25.1 Å². The minimum Gasteiger partial charge on any atom is -0.480 e. The predicted molar refractivity (Wildman–Crippen MR) is 69.8 cm³/mol. The molecular formula is C13H17FN2O4. The van der Waals surface area contributed by atoms with Crippen molar-refractivity contribution in [2.45, 2.75) is 19.0 Å². The Morgan fingerprint density at radius 2 is 2.00 bits per heavy atom. The van der Waals surface area contributed by atoms with Crippen molar-refractivity contribution in [2.24, 2.45) is 0 Å². The van der Waals surface area contributed by atoms with E-state index in [9.17, 15) is 14.0 Å². The van der Waals surface area contributed by atoms with Gasteiger partial charge in [0, 0.05) is 12.7 Å². The molecule has 2 amide bonds. The van der Waals surface area contributed by atoms with Crippen molar-refractivity contribution in [1.82, 2.24) is 10.6 Å². The summed E-state index contributed by atoms with van der Waals surface area (Å²) in [6, 6.07) is 3.58. The molecule has 110 valence electrons. The molecule has 3 N–H and O–H groups in total. The monoisotopic (exact) mass is 284 g/mol. The molecule has 6 nitrogen and oxygen atoms in total. The summed E-state index contributed by atoms with van der Waals surface area (Å²) in [5.74, 6) is -1.65. The lowest BCUT2D eigenvalue weighted by atomic mass is 10.1. The zero-order valence-corrected chi connectivity index (χ0v) is 11.2. The number of benzene rings is 1. The fourth-order valence-electron chi connectivity index (χ4n) is 1.64. The highest BCUT2D eigenvalue weighted by Gasteiger charge is 2.21. The minimum atomic E-state index is -1.21. The van der Waals surface area contributed by atoms with Crippen molar-refractivity contribution in [2.75, 3.05) is 13.7 Å². The maximum Gasteiger partial charge on any atom is 0.328 e. The first kappa shape index (κ1) is 15.9. The van der Waals surface area contributed by atoms with E-state index in [1.807, 2.05) is 0 Å². The van der Waals surface area contributed by atoms with Gasteiger partial charge in [0.2, 0.25) is 0 Å². The highest BCUT2D eigenvalue weighted by atomic mass is 19.1. The summed E-state index contributed by atoms with van der Waals surface area (Å²) < 4.78 is 18.2. The number of carboxylic acids is 1. The van der Waals surface area contributed by atoms with E-state index in [4.69, 9.17) is 9.84 Å². The molecule has 0 fully saturated rings. The van der Waals surface area contributed by atoms with E-state index in [-0.39, 0.29) is 6.61 Å². The van der Waals surface area contributed by atoms with Gasteiger partial charge in [0.05, 0.1) is 12.6 Å². The van der Waals surface area contributed by atoms with Gasteiger partial charge in [0.1, 0.15) is 5.82 Å². The van der Waals surface area contributed by atoms with Gasteiger partial charge < -0.3 is 20.5 Å². The molecule has 0 aliphatic carbocycles. The summed E-state index contributed by atoms with van der Waals surface area (Å²) in [7, 11) is 1.33. The number of carbonyl (C=O) groups is 2. The fraction of sp³-hybridized carbons (Fsp3) is 0.385. The van der Waals surface area contributed by atoms with Crippen LogP contribution in [0.5, 0.6) is 0 Å². The molecule has 0 aromatic heterocycles. The highest BCUT2D eigenvalue weighted by molar-refractivity contribution is 5.82. The SMILES string of the molecule is COCC(NC(=O)NC(C)c1ccccc1F)C(=O)O. The zero-order chi connectivity index (χ0) is 15.1. The molecule has 0 heterocycles. The second-order valence-electron chi connectivity index (χ2n) is 4.21. The number of aliphatic carboxylic acids is 1. The van der Waals surface area contributed by atoms with Gasteiger partial charge >= 0.3 is 12.0 Å². The van der Waals surface area contributed by atoms with Crippen LogP contribution in [0, 0.1) is 5.82 Å². The number of hydrogen-bond donors (Lipinski definition) is 3. The minimum absolute atomic E-state index is 0.156. The second kappa shape index (κ2) is 7.44. The number of carbonyl (C=O) groups excluding carboxylic acids is 1. The topological polar surface area (TPSA) is 87.7 Å². The molecule has 0 aliphatic heterocycles. The molecule has 1 rings (SSSR count). The predicted octanol–water partition coefficient (Wildman–Crippen LogP) is 1.29. The van der Waals surface area contributed by atoms with Crippen LogP contribution in [0.3, 0.4) is 0 Å². The van der Waals surface area contributed by atoms with Gasteiger partial charge in [0.15, 0.2) is 6.04 Å². The largest absolute Gasteiger partial charge is 0.480 e. The lowest BCUT2D eigenvalue weighted by Crippen LogP contribution is -2.48. The van der Waals surface area contributed by atoms with Gasteiger partial charge in [-0.05, 0) is 13.0 Å². The van der Waals surface area contributed by atoms with Crippen LogP contribution in [0.1, 0.15) is 18.5 Å². The Morgan fingerprint density at radius 1 is 1.35 bits per heavy atom. The van der Waals surface area contributed by atoms with Crippen molar-refractivity contribution in [3.05, 3.63) is 35.6 Å². The fourth-order valence-corrected chi connectivity index (χ4v) is 1.64. The summed E-state index contributed by atoms with van der Waals surface area (Å²) in [4.78, 5) is 22.5. The number of methoxy groups -OCH3 is 1. The number of hydrogen-bond acceptors (Lipinski definition) is 3. The molecule has 0 spiro atoms. The van der Waals surface area contributed by atoms with Gasteiger partial charge in [-0.15, -0.1) is 0 Å². The van der Waals surface area contributed by atoms with Crippen molar-refractivity contribution in [3.63, 3.8) is 0 Å². The Kier molecular flexibility index (Phi) is 5.92. The smallest absolute Gasteiger partial charge is 0.328 e. The summed E-state index contributed by atoms with van der Waals surface area (Å²) in [5.41, 5.74) is 0.321. The van der Waals surface area contributed by atoms with E-state index < -0.39 is 29.9 Å². The first-order chi connectivity index (χ1) is 9.45. The van der Waals surface area contributed by atoms with Gasteiger partial charge in [-0.2, -0.15) is 0 Å². The third kappa shape index (κ3) is 4.51. The van der Waals surface area contributed by atoms with Crippen LogP contribution in [-0.2, 0) is 9.53 Å². The number of amides is 2. The van der Waals surface area contributed by atoms with Gasteiger partial charge in [0.25, 0.3) is 0 Å². The third-order valence-electron chi connectivity index (χ3n) is 2.66. The standard InChI is InChI=1S/C13H17FN2O4/c1-8(9-5-3-4-6-10(9)14)15-13(19)16-11(7-20-2)12(17)18/h3-6,8,11H,7H2,1-2H3,(H,17,18)(H2,15,16,19). The van der Waals surface area contributed by atoms with E-state index in [1.165, 1.54) is 13.2 Å². The number of nitrogens with one attached hydrogen (secondary N) is 2. The number of carboxylic acid groups (broad SMARTS) is 1. The lowest BCUT2D eigenvalue weighted by Gasteiger charge is -2.18. The van der Waals surface area contributed by atoms with E-state index in [0.29, 0.717) is 5.56 Å². The van der Waals surface area contributed by atoms with Crippen LogP contribution >= 0.6 is 0 Å². The maximum atomic E-state index is 13.5. The van der Waals surface area contributed by atoms with Crippen molar-refractivity contribution in [3.8, 4) is 0 Å². The lowest BCUT2D eigenvalue weighted by molar-refractivity contribution is -0.140. The Labute approximate surface area is 115 Å². The highest BCUT2D eigenvalue weighted by Crippen LogP contribution is 2.15. The second-order valence-corrected chi connectivity index (χ2v) is 4.21. The molecule has 1 aromatic carbocycles. The van der Waals surface area contributed by atoms with E-state index in [2.05, 4.69) is 10.6 Å². The summed E-state index contributed by atoms with van der Waals surface area (Å²) in [6.07, 6.45) is 0. The molecular weight excluding hydrogens is 267 g/mol. The molecule has 1 aromatic rings. The Bertz CT molecular complexity index is 481. The first-order valence-corrected chi connectivity index (χ1v) is 5.99. The number of ether oxygens (including phenoxy) is 1. The summed E-state index contributed by atoms with van der Waals surface area (Å²) in [6.45, 7) is 1.45. The average Bonchev–Trinajstić information content (AvgIpc) is 2.38. The van der Waals surface area contributed by atoms with E-state index >= 15 is 0 Å². The summed E-state index contributed by atoms with van der Waals surface area (Å²) in [5, 5.41) is 13.6. The van der Waals surface area contributed by atoms with Crippen LogP contribution in [0.4, 0.5) is 9.18 Å². The number of urea groups is 1. The van der Waals surface area contributed by atoms with E-state index in [0.717, 1.165) is 0 Å². The Hall–Kier alpha value is -2.15. The van der Waals surface area contributed by atoms with Crippen LogP contribution in [0.25, 0.3) is 0 Å². The molecule has 0 saturated carbocycles. The molecule has 0 aliphatic rings. The Morgan fingerprint density at radius 3 is 2.55 bits per heavy atom. The quantitative estimate of drug-likeness (QED) is 0.734. The van der Waals surface area contributed by atoms with Gasteiger partial charge in [-0.25, -0.2) is 14.0 Å². The van der Waals surface area contributed by atoms with Crippen LogP contribution in [0.15, 0.2) is 24.3 Å². The van der Waals surface area contributed by atoms with Crippen LogP contribution in [-0.4, -0.2) is 36.9 Å². The van der Waals surface area contributed by atoms with Crippen LogP contribution in [0.2, 0.25) is 0 Å².